The Labute approximate surface area is 141 Å². The number of allylic oxidation sites excluding steroid dienone is 2. The van der Waals surface area contributed by atoms with E-state index in [1.54, 1.807) is 6.08 Å². The van der Waals surface area contributed by atoms with Gasteiger partial charge in [0.15, 0.2) is 5.78 Å². The second-order valence-electron chi connectivity index (χ2n) is 6.15. The molecule has 23 heavy (non-hydrogen) atoms. The normalized spacial score (nSPS) is 12.8. The zero-order valence-corrected chi connectivity index (χ0v) is 14.8. The fourth-order valence-corrected chi connectivity index (χ4v) is 2.31. The number of aliphatic hydroxyl groups excluding tert-OH is 2. The Morgan fingerprint density at radius 3 is 2.35 bits per heavy atom. The largest absolute Gasteiger partial charge is 0.394 e. The molecule has 0 bridgehead atoms. The van der Waals surface area contributed by atoms with E-state index in [0.29, 0.717) is 13.0 Å². The first-order chi connectivity index (χ1) is 11.2. The molecule has 0 unspecified atom stereocenters. The van der Waals surface area contributed by atoms with E-state index in [4.69, 9.17) is 14.9 Å². The van der Waals surface area contributed by atoms with Crippen LogP contribution in [0.25, 0.3) is 0 Å². The molecule has 0 aliphatic heterocycles. The number of hydrogen-bond acceptors (Lipinski definition) is 4. The average Bonchev–Trinajstić information content (AvgIpc) is 2.56. The first kappa shape index (κ1) is 22.3. The summed E-state index contributed by atoms with van der Waals surface area (Å²) in [4.78, 5) is 11.7. The van der Waals surface area contributed by atoms with Crippen LogP contribution in [0.1, 0.15) is 77.6 Å². The molecule has 0 fully saturated rings. The molecule has 2 N–H and O–H groups in total. The predicted molar refractivity (Wildman–Crippen MR) is 94.5 cm³/mol. The first-order valence-corrected chi connectivity index (χ1v) is 9.26. The monoisotopic (exact) mass is 328 g/mol. The molecule has 4 nitrogen and oxygen atoms in total. The van der Waals surface area contributed by atoms with Gasteiger partial charge in [0.05, 0.1) is 13.2 Å². The van der Waals surface area contributed by atoms with Gasteiger partial charge in [0.25, 0.3) is 0 Å². The molecule has 1 atom stereocenters. The molecule has 0 amide bonds. The third kappa shape index (κ3) is 17.5. The lowest BCUT2D eigenvalue weighted by Gasteiger charge is -2.06. The number of aliphatic hydroxyl groups is 2. The fraction of sp³-hybridized carbons (Fsp3) is 0.842. The lowest BCUT2D eigenvalue weighted by Crippen LogP contribution is -2.19. The number of hydrogen-bond donors (Lipinski definition) is 2. The summed E-state index contributed by atoms with van der Waals surface area (Å²) in [6.45, 7) is 2.66. The second kappa shape index (κ2) is 17.6. The Kier molecular flexibility index (Phi) is 17.1. The van der Waals surface area contributed by atoms with E-state index in [9.17, 15) is 4.79 Å². The van der Waals surface area contributed by atoms with Crippen LogP contribution >= 0.6 is 0 Å². The Hall–Kier alpha value is -0.710. The average molecular weight is 328 g/mol. The minimum absolute atomic E-state index is 0.164. The highest BCUT2D eigenvalue weighted by Crippen LogP contribution is 2.10. The van der Waals surface area contributed by atoms with Gasteiger partial charge < -0.3 is 14.9 Å². The van der Waals surface area contributed by atoms with Gasteiger partial charge in [-0.05, 0) is 25.3 Å². The van der Waals surface area contributed by atoms with Crippen LogP contribution in [0.3, 0.4) is 0 Å². The lowest BCUT2D eigenvalue weighted by molar-refractivity contribution is -0.114. The number of ether oxygens (including phenoxy) is 1. The summed E-state index contributed by atoms with van der Waals surface area (Å²) in [5.74, 6) is 0.215. The van der Waals surface area contributed by atoms with Crippen molar-refractivity contribution < 1.29 is 19.7 Å². The minimum Gasteiger partial charge on any atom is -0.394 e. The van der Waals surface area contributed by atoms with Crippen molar-refractivity contribution in [2.24, 2.45) is 0 Å². The number of ketones is 1. The molecule has 0 aromatic rings. The van der Waals surface area contributed by atoms with E-state index < -0.39 is 6.10 Å². The molecular weight excluding hydrogens is 292 g/mol. The predicted octanol–water partition coefficient (Wildman–Crippen LogP) is 3.79. The van der Waals surface area contributed by atoms with Crippen LogP contribution in [0.5, 0.6) is 0 Å². The van der Waals surface area contributed by atoms with E-state index in [1.807, 2.05) is 6.08 Å². The van der Waals surface area contributed by atoms with Gasteiger partial charge in [-0.15, -0.1) is 0 Å². The zero-order chi connectivity index (χ0) is 17.2. The topological polar surface area (TPSA) is 66.8 Å². The zero-order valence-electron chi connectivity index (χ0n) is 14.8. The summed E-state index contributed by atoms with van der Waals surface area (Å²) in [7, 11) is 0. The van der Waals surface area contributed by atoms with Gasteiger partial charge in [-0.2, -0.15) is 0 Å². The molecule has 0 aromatic carbocycles. The summed E-state index contributed by atoms with van der Waals surface area (Å²) in [5.41, 5.74) is 0. The van der Waals surface area contributed by atoms with Crippen molar-refractivity contribution in [3.05, 3.63) is 12.2 Å². The highest BCUT2D eigenvalue weighted by Gasteiger charge is 2.00. The summed E-state index contributed by atoms with van der Waals surface area (Å²) in [6.07, 6.45) is 15.1. The van der Waals surface area contributed by atoms with E-state index in [0.717, 1.165) is 25.7 Å². The highest BCUT2D eigenvalue weighted by atomic mass is 16.5. The van der Waals surface area contributed by atoms with Crippen molar-refractivity contribution in [1.29, 1.82) is 0 Å². The Morgan fingerprint density at radius 1 is 1.04 bits per heavy atom. The number of carbonyl (C=O) groups excluding carboxylic acids is 1. The Balaban J connectivity index is 3.32. The fourth-order valence-electron chi connectivity index (χ4n) is 2.31. The maximum absolute atomic E-state index is 11.7. The third-order valence-corrected chi connectivity index (χ3v) is 3.76. The quantitative estimate of drug-likeness (QED) is 0.315. The van der Waals surface area contributed by atoms with Crippen LogP contribution in [0.15, 0.2) is 12.2 Å². The first-order valence-electron chi connectivity index (χ1n) is 9.26. The van der Waals surface area contributed by atoms with Crippen molar-refractivity contribution in [1.82, 2.24) is 0 Å². The number of rotatable bonds is 17. The smallest absolute Gasteiger partial charge is 0.155 e. The van der Waals surface area contributed by atoms with Crippen LogP contribution in [-0.4, -0.2) is 41.9 Å². The maximum atomic E-state index is 11.7. The molecular formula is C19H36O4. The van der Waals surface area contributed by atoms with Gasteiger partial charge in [-0.25, -0.2) is 0 Å². The van der Waals surface area contributed by atoms with Crippen LogP contribution in [0.4, 0.5) is 0 Å². The third-order valence-electron chi connectivity index (χ3n) is 3.76. The van der Waals surface area contributed by atoms with Crippen molar-refractivity contribution >= 4 is 5.78 Å². The maximum Gasteiger partial charge on any atom is 0.155 e. The van der Waals surface area contributed by atoms with Crippen LogP contribution in [-0.2, 0) is 9.53 Å². The minimum atomic E-state index is -0.793. The van der Waals surface area contributed by atoms with Crippen LogP contribution < -0.4 is 0 Å². The van der Waals surface area contributed by atoms with Crippen LogP contribution in [0, 0.1) is 0 Å². The van der Waals surface area contributed by atoms with Gasteiger partial charge in [-0.1, -0.05) is 57.9 Å². The van der Waals surface area contributed by atoms with Gasteiger partial charge in [-0.3, -0.25) is 4.79 Å². The van der Waals surface area contributed by atoms with Crippen LogP contribution in [0.2, 0.25) is 0 Å². The molecule has 0 spiro atoms. The van der Waals surface area contributed by atoms with Gasteiger partial charge >= 0.3 is 0 Å². The van der Waals surface area contributed by atoms with Crippen molar-refractivity contribution in [3.63, 3.8) is 0 Å². The van der Waals surface area contributed by atoms with E-state index in [1.165, 1.54) is 38.5 Å². The molecule has 136 valence electrons. The van der Waals surface area contributed by atoms with Gasteiger partial charge in [0.2, 0.25) is 0 Å². The summed E-state index contributed by atoms with van der Waals surface area (Å²) in [5, 5.41) is 17.7. The Bertz CT molecular complexity index is 289. The summed E-state index contributed by atoms with van der Waals surface area (Å²) >= 11 is 0. The standard InChI is InChI=1S/C19H36O4/c1-2-3-4-5-6-7-8-10-13-18(21)14-11-9-12-15-23-17-19(22)16-20/h11,14,19-20,22H,2-10,12-13,15-17H2,1H3/b14-11+/t19-/m0/s1. The summed E-state index contributed by atoms with van der Waals surface area (Å²) < 4.78 is 5.19. The summed E-state index contributed by atoms with van der Waals surface area (Å²) in [6, 6.07) is 0. The Morgan fingerprint density at radius 2 is 1.70 bits per heavy atom. The molecule has 0 radical (unpaired) electrons. The van der Waals surface area contributed by atoms with Crippen molar-refractivity contribution in [3.8, 4) is 0 Å². The number of carbonyl (C=O) groups is 1. The molecule has 0 heterocycles. The molecule has 0 rings (SSSR count). The van der Waals surface area contributed by atoms with Crippen molar-refractivity contribution in [2.75, 3.05) is 19.8 Å². The SMILES string of the molecule is CCCCCCCCCCC(=O)/C=C/CCCOC[C@@H](O)CO. The molecule has 0 saturated heterocycles. The number of unbranched alkanes of at least 4 members (excludes halogenated alkanes) is 8. The van der Waals surface area contributed by atoms with E-state index >= 15 is 0 Å². The van der Waals surface area contributed by atoms with Gasteiger partial charge in [0, 0.05) is 13.0 Å². The van der Waals surface area contributed by atoms with E-state index in [-0.39, 0.29) is 19.0 Å². The molecule has 0 aliphatic rings. The molecule has 0 saturated carbocycles. The molecule has 0 aromatic heterocycles. The van der Waals surface area contributed by atoms with Crippen molar-refractivity contribution in [2.45, 2.75) is 83.7 Å². The molecule has 4 heteroatoms. The molecule has 0 aliphatic carbocycles. The van der Waals surface area contributed by atoms with Gasteiger partial charge in [0.1, 0.15) is 6.10 Å². The lowest BCUT2D eigenvalue weighted by atomic mass is 10.1. The van der Waals surface area contributed by atoms with E-state index in [2.05, 4.69) is 6.92 Å². The highest BCUT2D eigenvalue weighted by molar-refractivity contribution is 5.89. The second-order valence-corrected chi connectivity index (χ2v) is 6.15.